The van der Waals surface area contributed by atoms with E-state index < -0.39 is 17.3 Å². The Labute approximate surface area is 86.2 Å². The van der Waals surface area contributed by atoms with Crippen molar-refractivity contribution in [2.24, 2.45) is 0 Å². The van der Waals surface area contributed by atoms with Crippen molar-refractivity contribution in [1.82, 2.24) is 0 Å². The molecule has 0 bridgehead atoms. The van der Waals surface area contributed by atoms with Crippen molar-refractivity contribution in [1.29, 1.82) is 0 Å². The summed E-state index contributed by atoms with van der Waals surface area (Å²) >= 11 is 0. The summed E-state index contributed by atoms with van der Waals surface area (Å²) in [6.45, 7) is 1.13. The van der Waals surface area contributed by atoms with Crippen molar-refractivity contribution in [2.75, 3.05) is 13.9 Å². The maximum absolute atomic E-state index is 12.9. The predicted octanol–water partition coefficient (Wildman–Crippen LogP) is 1.72. The second kappa shape index (κ2) is 4.75. The Bertz CT molecular complexity index is 376. The number of halogens is 1. The number of Topliss-reactive ketones (excluding diaryl/α,β-unsaturated/α-hetero) is 1. The van der Waals surface area contributed by atoms with E-state index in [1.165, 1.54) is 14.0 Å². The van der Waals surface area contributed by atoms with Crippen LogP contribution in [0.2, 0.25) is 0 Å². The maximum atomic E-state index is 12.9. The van der Waals surface area contributed by atoms with Crippen LogP contribution >= 0.6 is 0 Å². The van der Waals surface area contributed by atoms with E-state index in [1.54, 1.807) is 0 Å². The summed E-state index contributed by atoms with van der Waals surface area (Å²) in [6, 6.07) is 1.88. The van der Waals surface area contributed by atoms with Gasteiger partial charge in [0.15, 0.2) is 12.6 Å². The standard InChI is InChI=1S/C10H11FO4/c1-6(12)10-8(13)3-7(11)4-9(10)15-5-14-2/h3-4,13H,5H2,1-2H3. The molecule has 0 saturated heterocycles. The summed E-state index contributed by atoms with van der Waals surface area (Å²) in [5.74, 6) is -1.54. The number of carbonyl (C=O) groups is 1. The Morgan fingerprint density at radius 2 is 2.20 bits per heavy atom. The predicted molar refractivity (Wildman–Crippen MR) is 50.6 cm³/mol. The monoisotopic (exact) mass is 214 g/mol. The van der Waals surface area contributed by atoms with E-state index in [9.17, 15) is 14.3 Å². The molecule has 0 saturated carbocycles. The smallest absolute Gasteiger partial charge is 0.188 e. The van der Waals surface area contributed by atoms with Gasteiger partial charge < -0.3 is 14.6 Å². The fraction of sp³-hybridized carbons (Fsp3) is 0.300. The number of carbonyl (C=O) groups excluding carboxylic acids is 1. The Hall–Kier alpha value is -1.62. The number of hydrogen-bond donors (Lipinski definition) is 1. The summed E-state index contributed by atoms with van der Waals surface area (Å²) in [5.41, 5.74) is -0.0477. The number of phenols is 1. The molecule has 0 radical (unpaired) electrons. The molecule has 0 spiro atoms. The molecule has 4 nitrogen and oxygen atoms in total. The highest BCUT2D eigenvalue weighted by atomic mass is 19.1. The average molecular weight is 214 g/mol. The Kier molecular flexibility index (Phi) is 3.62. The Balaban J connectivity index is 3.14. The molecule has 5 heteroatoms. The van der Waals surface area contributed by atoms with Crippen LogP contribution in [-0.2, 0) is 4.74 Å². The number of ketones is 1. The van der Waals surface area contributed by atoms with Crippen molar-refractivity contribution in [3.63, 3.8) is 0 Å². The first-order valence-electron chi connectivity index (χ1n) is 4.21. The molecule has 0 aliphatic rings. The first kappa shape index (κ1) is 11.5. The molecule has 0 amide bonds. The average Bonchev–Trinajstić information content (AvgIpc) is 2.12. The molecule has 0 aromatic heterocycles. The van der Waals surface area contributed by atoms with Crippen LogP contribution in [0.25, 0.3) is 0 Å². The summed E-state index contributed by atoms with van der Waals surface area (Å²) in [4.78, 5) is 11.2. The minimum absolute atomic E-state index is 0.0261. The van der Waals surface area contributed by atoms with E-state index in [0.717, 1.165) is 12.1 Å². The molecule has 82 valence electrons. The molecule has 0 heterocycles. The molecule has 0 unspecified atom stereocenters. The molecule has 1 aromatic rings. The number of hydrogen-bond acceptors (Lipinski definition) is 4. The van der Waals surface area contributed by atoms with Gasteiger partial charge in [0.05, 0.1) is 0 Å². The molecule has 1 aromatic carbocycles. The van der Waals surface area contributed by atoms with Crippen molar-refractivity contribution in [2.45, 2.75) is 6.92 Å². The largest absolute Gasteiger partial charge is 0.507 e. The molecule has 0 atom stereocenters. The fourth-order valence-electron chi connectivity index (χ4n) is 1.16. The van der Waals surface area contributed by atoms with Crippen LogP contribution in [0.4, 0.5) is 4.39 Å². The van der Waals surface area contributed by atoms with Crippen LogP contribution in [0.15, 0.2) is 12.1 Å². The molecule has 0 aliphatic heterocycles. The lowest BCUT2D eigenvalue weighted by Gasteiger charge is -2.10. The van der Waals surface area contributed by atoms with Crippen LogP contribution in [-0.4, -0.2) is 24.8 Å². The van der Waals surface area contributed by atoms with Crippen LogP contribution in [0, 0.1) is 5.82 Å². The summed E-state index contributed by atoms with van der Waals surface area (Å²) < 4.78 is 22.5. The van der Waals surface area contributed by atoms with E-state index >= 15 is 0 Å². The number of rotatable bonds is 4. The van der Waals surface area contributed by atoms with Gasteiger partial charge in [-0.1, -0.05) is 0 Å². The number of aromatic hydroxyl groups is 1. The summed E-state index contributed by atoms with van der Waals surface area (Å²) in [7, 11) is 1.40. The quantitative estimate of drug-likeness (QED) is 0.612. The van der Waals surface area contributed by atoms with Crippen LogP contribution in [0.1, 0.15) is 17.3 Å². The molecular formula is C10H11FO4. The first-order valence-corrected chi connectivity index (χ1v) is 4.21. The molecule has 0 aliphatic carbocycles. The number of phenolic OH excluding ortho intramolecular Hbond substituents is 1. The maximum Gasteiger partial charge on any atom is 0.188 e. The van der Waals surface area contributed by atoms with E-state index in [0.29, 0.717) is 0 Å². The van der Waals surface area contributed by atoms with Crippen LogP contribution < -0.4 is 4.74 Å². The van der Waals surface area contributed by atoms with Gasteiger partial charge in [-0.15, -0.1) is 0 Å². The Morgan fingerprint density at radius 3 is 2.73 bits per heavy atom. The third-order valence-electron chi connectivity index (χ3n) is 1.73. The number of benzene rings is 1. The second-order valence-corrected chi connectivity index (χ2v) is 2.91. The third kappa shape index (κ3) is 2.66. The molecule has 15 heavy (non-hydrogen) atoms. The van der Waals surface area contributed by atoms with Gasteiger partial charge >= 0.3 is 0 Å². The van der Waals surface area contributed by atoms with Gasteiger partial charge in [-0.3, -0.25) is 4.79 Å². The van der Waals surface area contributed by atoms with Gasteiger partial charge in [-0.05, 0) is 6.92 Å². The summed E-state index contributed by atoms with van der Waals surface area (Å²) in [5, 5.41) is 9.36. The van der Waals surface area contributed by atoms with Crippen LogP contribution in [0.3, 0.4) is 0 Å². The highest BCUT2D eigenvalue weighted by Gasteiger charge is 2.15. The van der Waals surface area contributed by atoms with E-state index in [4.69, 9.17) is 4.74 Å². The second-order valence-electron chi connectivity index (χ2n) is 2.91. The van der Waals surface area contributed by atoms with Crippen molar-refractivity contribution in [3.8, 4) is 11.5 Å². The van der Waals surface area contributed by atoms with Gasteiger partial charge in [-0.25, -0.2) is 4.39 Å². The highest BCUT2D eigenvalue weighted by Crippen LogP contribution is 2.29. The lowest BCUT2D eigenvalue weighted by atomic mass is 10.1. The minimum atomic E-state index is -0.677. The molecule has 1 rings (SSSR count). The van der Waals surface area contributed by atoms with E-state index in [2.05, 4.69) is 4.74 Å². The number of ether oxygens (including phenoxy) is 2. The molecule has 1 N–H and O–H groups in total. The third-order valence-corrected chi connectivity index (χ3v) is 1.73. The van der Waals surface area contributed by atoms with Gasteiger partial charge in [0.1, 0.15) is 22.9 Å². The lowest BCUT2D eigenvalue weighted by molar-refractivity contribution is 0.0499. The summed E-state index contributed by atoms with van der Waals surface area (Å²) in [6.07, 6.45) is 0. The molecule has 0 fully saturated rings. The first-order chi connectivity index (χ1) is 7.06. The van der Waals surface area contributed by atoms with Crippen molar-refractivity contribution < 1.29 is 23.8 Å². The normalized spacial score (nSPS) is 10.1. The van der Waals surface area contributed by atoms with Gasteiger partial charge in [0.2, 0.25) is 0 Å². The Morgan fingerprint density at radius 1 is 1.53 bits per heavy atom. The van der Waals surface area contributed by atoms with Gasteiger partial charge in [0.25, 0.3) is 0 Å². The topological polar surface area (TPSA) is 55.8 Å². The minimum Gasteiger partial charge on any atom is -0.507 e. The van der Waals surface area contributed by atoms with Crippen molar-refractivity contribution in [3.05, 3.63) is 23.5 Å². The van der Waals surface area contributed by atoms with Crippen LogP contribution in [0.5, 0.6) is 11.5 Å². The molecular weight excluding hydrogens is 203 g/mol. The zero-order chi connectivity index (χ0) is 11.4. The SMILES string of the molecule is COCOc1cc(F)cc(O)c1C(C)=O. The fourth-order valence-corrected chi connectivity index (χ4v) is 1.16. The zero-order valence-corrected chi connectivity index (χ0v) is 8.41. The number of methoxy groups -OCH3 is 1. The van der Waals surface area contributed by atoms with Crippen molar-refractivity contribution >= 4 is 5.78 Å². The highest BCUT2D eigenvalue weighted by molar-refractivity contribution is 5.99. The van der Waals surface area contributed by atoms with Gasteiger partial charge in [-0.2, -0.15) is 0 Å². The lowest BCUT2D eigenvalue weighted by Crippen LogP contribution is -2.05. The van der Waals surface area contributed by atoms with Gasteiger partial charge in [0, 0.05) is 19.2 Å². The van der Waals surface area contributed by atoms with E-state index in [1.807, 2.05) is 0 Å². The van der Waals surface area contributed by atoms with E-state index in [-0.39, 0.29) is 18.1 Å². The zero-order valence-electron chi connectivity index (χ0n) is 8.41.